The predicted octanol–water partition coefficient (Wildman–Crippen LogP) is 3.75. The molecule has 0 aromatic heterocycles. The van der Waals surface area contributed by atoms with Crippen molar-refractivity contribution in [3.8, 4) is 17.2 Å². The summed E-state index contributed by atoms with van der Waals surface area (Å²) >= 11 is 6.19. The number of methoxy groups -OCH3 is 3. The van der Waals surface area contributed by atoms with Crippen molar-refractivity contribution >= 4 is 17.3 Å². The Morgan fingerprint density at radius 3 is 2.40 bits per heavy atom. The predicted molar refractivity (Wildman–Crippen MR) is 118 cm³/mol. The minimum absolute atomic E-state index is 0.153. The Hall–Kier alpha value is -2.15. The van der Waals surface area contributed by atoms with Crippen molar-refractivity contribution in [1.82, 2.24) is 4.90 Å². The Morgan fingerprint density at radius 1 is 0.900 bits per heavy atom. The van der Waals surface area contributed by atoms with Gasteiger partial charge in [0.05, 0.1) is 32.5 Å². The monoisotopic (exact) mass is 432 g/mol. The summed E-state index contributed by atoms with van der Waals surface area (Å²) in [4.78, 5) is 4.88. The highest BCUT2D eigenvalue weighted by Crippen LogP contribution is 2.40. The molecule has 1 unspecified atom stereocenters. The van der Waals surface area contributed by atoms with Gasteiger partial charge in [-0.05, 0) is 42.7 Å². The molecular formula is C23H29ClN2O4. The van der Waals surface area contributed by atoms with Gasteiger partial charge in [-0.15, -0.1) is 0 Å². The number of benzene rings is 2. The standard InChI is InChI=1S/C23H29ClN2O4/c1-28-21-7-4-15(10-23(21)30-3)20-13-18(27)11-17-14-25(8-9-26(17)20)16-5-6-19(24)22(12-16)29-2/h4-7,10,12,17-18,20,27H,8-9,11,13-14H2,1-3H3/t17-,18?,20-/m1/s1. The molecule has 2 aliphatic rings. The lowest BCUT2D eigenvalue weighted by Gasteiger charge is -2.50. The van der Waals surface area contributed by atoms with Crippen LogP contribution in [0.4, 0.5) is 5.69 Å². The highest BCUT2D eigenvalue weighted by Gasteiger charge is 2.39. The Balaban J connectivity index is 1.56. The van der Waals surface area contributed by atoms with Crippen LogP contribution in [0.3, 0.4) is 0 Å². The fraction of sp³-hybridized carbons (Fsp3) is 0.478. The molecular weight excluding hydrogens is 404 g/mol. The maximum atomic E-state index is 10.6. The molecule has 0 spiro atoms. The summed E-state index contributed by atoms with van der Waals surface area (Å²) in [6, 6.07) is 12.4. The van der Waals surface area contributed by atoms with Crippen LogP contribution >= 0.6 is 11.6 Å². The molecule has 2 aromatic carbocycles. The molecule has 0 radical (unpaired) electrons. The molecule has 2 aromatic rings. The number of hydrogen-bond acceptors (Lipinski definition) is 6. The molecule has 0 aliphatic carbocycles. The van der Waals surface area contributed by atoms with Gasteiger partial charge in [0.2, 0.25) is 0 Å². The van der Waals surface area contributed by atoms with Crippen molar-refractivity contribution in [1.29, 1.82) is 0 Å². The zero-order valence-electron chi connectivity index (χ0n) is 17.7. The number of piperidine rings is 1. The Bertz CT molecular complexity index is 894. The molecule has 2 heterocycles. The van der Waals surface area contributed by atoms with E-state index in [1.54, 1.807) is 21.3 Å². The topological polar surface area (TPSA) is 54.4 Å². The minimum atomic E-state index is -0.330. The van der Waals surface area contributed by atoms with E-state index in [0.29, 0.717) is 10.8 Å². The van der Waals surface area contributed by atoms with Gasteiger partial charge in [0, 0.05) is 43.5 Å². The number of aliphatic hydroxyl groups excluding tert-OH is 1. The molecule has 6 nitrogen and oxygen atoms in total. The molecule has 2 fully saturated rings. The van der Waals surface area contributed by atoms with Crippen LogP contribution in [0.25, 0.3) is 0 Å². The summed E-state index contributed by atoms with van der Waals surface area (Å²) in [5.41, 5.74) is 2.25. The summed E-state index contributed by atoms with van der Waals surface area (Å²) in [5.74, 6) is 2.12. The van der Waals surface area contributed by atoms with Crippen LogP contribution in [0.2, 0.25) is 5.02 Å². The van der Waals surface area contributed by atoms with Crippen LogP contribution < -0.4 is 19.1 Å². The maximum absolute atomic E-state index is 10.6. The molecule has 2 saturated heterocycles. The largest absolute Gasteiger partial charge is 0.495 e. The summed E-state index contributed by atoms with van der Waals surface area (Å²) in [5, 5.41) is 11.3. The van der Waals surface area contributed by atoms with Gasteiger partial charge in [0.1, 0.15) is 5.75 Å². The highest BCUT2D eigenvalue weighted by atomic mass is 35.5. The van der Waals surface area contributed by atoms with E-state index in [0.717, 1.165) is 55.2 Å². The number of nitrogens with zero attached hydrogens (tertiary/aromatic N) is 2. The molecule has 2 aliphatic heterocycles. The smallest absolute Gasteiger partial charge is 0.161 e. The van der Waals surface area contributed by atoms with Crippen LogP contribution in [-0.4, -0.2) is 63.1 Å². The molecule has 4 rings (SSSR count). The van der Waals surface area contributed by atoms with Crippen molar-refractivity contribution in [3.05, 3.63) is 47.0 Å². The summed E-state index contributed by atoms with van der Waals surface area (Å²) in [6.45, 7) is 2.67. The van der Waals surface area contributed by atoms with Crippen LogP contribution in [0, 0.1) is 0 Å². The number of anilines is 1. The van der Waals surface area contributed by atoms with Gasteiger partial charge >= 0.3 is 0 Å². The van der Waals surface area contributed by atoms with E-state index in [-0.39, 0.29) is 18.2 Å². The number of rotatable bonds is 5. The number of halogens is 1. The second-order valence-electron chi connectivity index (χ2n) is 7.91. The third-order valence-corrected chi connectivity index (χ3v) is 6.57. The lowest BCUT2D eigenvalue weighted by molar-refractivity contribution is -0.00607. The first-order valence-electron chi connectivity index (χ1n) is 10.3. The van der Waals surface area contributed by atoms with E-state index in [4.69, 9.17) is 25.8 Å². The average molecular weight is 433 g/mol. The summed E-state index contributed by atoms with van der Waals surface area (Å²) in [7, 11) is 4.93. The van der Waals surface area contributed by atoms with Crippen LogP contribution in [0.5, 0.6) is 17.2 Å². The average Bonchev–Trinajstić information content (AvgIpc) is 2.77. The van der Waals surface area contributed by atoms with Crippen LogP contribution in [-0.2, 0) is 0 Å². The number of piperazine rings is 1. The summed E-state index contributed by atoms with van der Waals surface area (Å²) < 4.78 is 16.3. The number of ether oxygens (including phenoxy) is 3. The highest BCUT2D eigenvalue weighted by molar-refractivity contribution is 6.32. The molecule has 0 amide bonds. The molecule has 30 heavy (non-hydrogen) atoms. The van der Waals surface area contributed by atoms with E-state index in [1.807, 2.05) is 30.3 Å². The number of aliphatic hydroxyl groups is 1. The second-order valence-corrected chi connectivity index (χ2v) is 8.32. The number of hydrogen-bond donors (Lipinski definition) is 1. The van der Waals surface area contributed by atoms with Crippen molar-refractivity contribution in [2.24, 2.45) is 0 Å². The van der Waals surface area contributed by atoms with Gasteiger partial charge in [0.25, 0.3) is 0 Å². The van der Waals surface area contributed by atoms with Gasteiger partial charge in [-0.3, -0.25) is 4.90 Å². The first kappa shape index (κ1) is 21.1. The fourth-order valence-electron chi connectivity index (χ4n) is 4.76. The molecule has 7 heteroatoms. The van der Waals surface area contributed by atoms with Crippen molar-refractivity contribution in [2.75, 3.05) is 45.9 Å². The third kappa shape index (κ3) is 4.04. The lowest BCUT2D eigenvalue weighted by Crippen LogP contribution is -2.58. The third-order valence-electron chi connectivity index (χ3n) is 6.26. The second kappa shape index (κ2) is 8.92. The lowest BCUT2D eigenvalue weighted by atomic mass is 9.87. The normalized spacial score (nSPS) is 24.3. The van der Waals surface area contributed by atoms with Crippen LogP contribution in [0.1, 0.15) is 24.4 Å². The van der Waals surface area contributed by atoms with E-state index < -0.39 is 0 Å². The van der Waals surface area contributed by atoms with Crippen molar-refractivity contribution in [2.45, 2.75) is 31.0 Å². The van der Waals surface area contributed by atoms with Gasteiger partial charge in [-0.25, -0.2) is 0 Å². The fourth-order valence-corrected chi connectivity index (χ4v) is 4.95. The van der Waals surface area contributed by atoms with Crippen LogP contribution in [0.15, 0.2) is 36.4 Å². The van der Waals surface area contributed by atoms with Gasteiger partial charge in [0.15, 0.2) is 11.5 Å². The number of fused-ring (bicyclic) bond motifs is 1. The van der Waals surface area contributed by atoms with Crippen molar-refractivity contribution < 1.29 is 19.3 Å². The van der Waals surface area contributed by atoms with Gasteiger partial charge in [-0.1, -0.05) is 17.7 Å². The zero-order valence-corrected chi connectivity index (χ0v) is 18.4. The van der Waals surface area contributed by atoms with E-state index >= 15 is 0 Å². The van der Waals surface area contributed by atoms with Gasteiger partial charge in [-0.2, -0.15) is 0 Å². The summed E-state index contributed by atoms with van der Waals surface area (Å²) in [6.07, 6.45) is 1.16. The quantitative estimate of drug-likeness (QED) is 0.776. The molecule has 3 atom stereocenters. The zero-order chi connectivity index (χ0) is 21.3. The maximum Gasteiger partial charge on any atom is 0.161 e. The van der Waals surface area contributed by atoms with E-state index in [1.165, 1.54) is 0 Å². The molecule has 0 bridgehead atoms. The Labute approximate surface area is 182 Å². The molecule has 0 saturated carbocycles. The van der Waals surface area contributed by atoms with Crippen molar-refractivity contribution in [3.63, 3.8) is 0 Å². The Morgan fingerprint density at radius 2 is 1.67 bits per heavy atom. The minimum Gasteiger partial charge on any atom is -0.495 e. The first-order valence-corrected chi connectivity index (χ1v) is 10.7. The SMILES string of the molecule is COc1cc(N2CCN3[C@H](CC(O)C[C@@H]3c3ccc(OC)c(OC)c3)C2)ccc1Cl. The van der Waals surface area contributed by atoms with E-state index in [9.17, 15) is 5.11 Å². The molecule has 1 N–H and O–H groups in total. The van der Waals surface area contributed by atoms with E-state index in [2.05, 4.69) is 15.9 Å². The first-order chi connectivity index (χ1) is 14.5. The van der Waals surface area contributed by atoms with Gasteiger partial charge < -0.3 is 24.2 Å². The Kier molecular flexibility index (Phi) is 6.27. The molecule has 162 valence electrons.